The highest BCUT2D eigenvalue weighted by Crippen LogP contribution is 1.62. The third kappa shape index (κ3) is 5160. The zero-order chi connectivity index (χ0) is 8.08. The van der Waals surface area contributed by atoms with Gasteiger partial charge in [-0.1, -0.05) is 13.8 Å². The molecule has 4 N–H and O–H groups in total. The van der Waals surface area contributed by atoms with E-state index in [-0.39, 0.29) is 0 Å². The van der Waals surface area contributed by atoms with Gasteiger partial charge in [0, 0.05) is 11.2 Å². The Hall–Kier alpha value is 0.250. The lowest BCUT2D eigenvalue weighted by atomic mass is 10.5. The Balaban J connectivity index is 0. The molecule has 0 aromatic carbocycles. The average molecular weight is 173 g/mol. The Bertz CT molecular complexity index is 128. The molecule has 0 heterocycles. The Morgan fingerprint density at radius 1 is 1.56 bits per heavy atom. The summed E-state index contributed by atoms with van der Waals surface area (Å²) >= 11 is 3.47. The molecule has 0 saturated carbocycles. The quantitative estimate of drug-likeness (QED) is 0.481. The van der Waals surface area contributed by atoms with E-state index in [0.717, 1.165) is 0 Å². The molecular formula is C3H11NO3S2. The van der Waals surface area contributed by atoms with Gasteiger partial charge in [-0.05, 0) is 6.04 Å². The van der Waals surface area contributed by atoms with E-state index in [0.29, 0.717) is 6.04 Å². The minimum Gasteiger partial charge on any atom is -0.328 e. The SMILES string of the molecule is CC(C)N.O=S(O)(O)=S. The second kappa shape index (κ2) is 5.07. The Morgan fingerprint density at radius 2 is 1.56 bits per heavy atom. The summed E-state index contributed by atoms with van der Waals surface area (Å²) in [5.74, 6) is 0. The van der Waals surface area contributed by atoms with Gasteiger partial charge in [-0.15, -0.1) is 0 Å². The summed E-state index contributed by atoms with van der Waals surface area (Å²) in [6, 6.07) is 0.333. The molecule has 0 saturated heterocycles. The van der Waals surface area contributed by atoms with Gasteiger partial charge in [-0.3, -0.25) is 9.11 Å². The van der Waals surface area contributed by atoms with Crippen molar-refractivity contribution in [2.75, 3.05) is 0 Å². The Labute approximate surface area is 59.8 Å². The maximum atomic E-state index is 9.11. The monoisotopic (exact) mass is 173 g/mol. The molecule has 0 bridgehead atoms. The molecule has 0 aliphatic rings. The molecule has 0 aromatic rings. The molecule has 0 aliphatic carbocycles. The summed E-state index contributed by atoms with van der Waals surface area (Å²) in [4.78, 5) is 0. The number of rotatable bonds is 0. The van der Waals surface area contributed by atoms with E-state index >= 15 is 0 Å². The molecular weight excluding hydrogens is 162 g/mol. The molecule has 0 radical (unpaired) electrons. The molecule has 0 fully saturated rings. The molecule has 4 nitrogen and oxygen atoms in total. The van der Waals surface area contributed by atoms with E-state index in [1.807, 2.05) is 13.8 Å². The van der Waals surface area contributed by atoms with Gasteiger partial charge in [0.15, 0.2) is 0 Å². The van der Waals surface area contributed by atoms with Crippen molar-refractivity contribution in [3.05, 3.63) is 0 Å². The molecule has 6 heteroatoms. The second-order valence-corrected chi connectivity index (χ2v) is 3.89. The first-order chi connectivity index (χ1) is 3.73. The Kier molecular flexibility index (Phi) is 6.74. The fourth-order valence-electron chi connectivity index (χ4n) is 0. The summed E-state index contributed by atoms with van der Waals surface area (Å²) in [7, 11) is -3.83. The van der Waals surface area contributed by atoms with E-state index in [1.165, 1.54) is 0 Å². The minimum absolute atomic E-state index is 0.333. The van der Waals surface area contributed by atoms with Crippen molar-refractivity contribution in [1.82, 2.24) is 0 Å². The molecule has 0 atom stereocenters. The van der Waals surface area contributed by atoms with Crippen LogP contribution in [0.3, 0.4) is 0 Å². The van der Waals surface area contributed by atoms with Gasteiger partial charge in [0.2, 0.25) is 0 Å². The average Bonchev–Trinajstić information content (AvgIpc) is 1.19. The van der Waals surface area contributed by atoms with Crippen molar-refractivity contribution < 1.29 is 13.3 Å². The van der Waals surface area contributed by atoms with Crippen molar-refractivity contribution in [1.29, 1.82) is 0 Å². The lowest BCUT2D eigenvalue weighted by Crippen LogP contribution is -2.06. The van der Waals surface area contributed by atoms with Gasteiger partial charge in [-0.25, -0.2) is 0 Å². The molecule has 0 spiro atoms. The molecule has 58 valence electrons. The topological polar surface area (TPSA) is 83.6 Å². The lowest BCUT2D eigenvalue weighted by molar-refractivity contribution is 0.450. The fourth-order valence-corrected chi connectivity index (χ4v) is 0. The van der Waals surface area contributed by atoms with Crippen LogP contribution in [0.15, 0.2) is 0 Å². The molecule has 9 heavy (non-hydrogen) atoms. The highest BCUT2D eigenvalue weighted by Gasteiger charge is 1.78. The highest BCUT2D eigenvalue weighted by atomic mass is 32.9. The van der Waals surface area contributed by atoms with Crippen molar-refractivity contribution in [3.8, 4) is 0 Å². The third-order valence-electron chi connectivity index (χ3n) is 0. The molecule has 0 rings (SSSR count). The smallest absolute Gasteiger partial charge is 0.263 e. The molecule has 0 unspecified atom stereocenters. The minimum atomic E-state index is -3.83. The normalized spacial score (nSPS) is 10.4. The van der Waals surface area contributed by atoms with Crippen LogP contribution in [-0.4, -0.2) is 19.4 Å². The molecule has 0 amide bonds. The lowest BCUT2D eigenvalue weighted by Gasteiger charge is -1.81. The predicted octanol–water partition coefficient (Wildman–Crippen LogP) is 0.0322. The van der Waals surface area contributed by atoms with Crippen molar-refractivity contribution in [2.45, 2.75) is 19.9 Å². The van der Waals surface area contributed by atoms with E-state index in [9.17, 15) is 0 Å². The third-order valence-corrected chi connectivity index (χ3v) is 0. The van der Waals surface area contributed by atoms with Gasteiger partial charge in [0.1, 0.15) is 0 Å². The van der Waals surface area contributed by atoms with Gasteiger partial charge in [0.05, 0.1) is 0 Å². The van der Waals surface area contributed by atoms with E-state index in [1.54, 1.807) is 0 Å². The zero-order valence-corrected chi connectivity index (χ0v) is 6.91. The van der Waals surface area contributed by atoms with Crippen LogP contribution in [0, 0.1) is 0 Å². The van der Waals surface area contributed by atoms with Crippen molar-refractivity contribution >= 4 is 20.2 Å². The van der Waals surface area contributed by atoms with Crippen LogP contribution in [-0.2, 0) is 20.2 Å². The summed E-state index contributed by atoms with van der Waals surface area (Å²) in [5, 5.41) is 0. The number of hydrogen-bond donors (Lipinski definition) is 3. The van der Waals surface area contributed by atoms with Crippen LogP contribution < -0.4 is 5.73 Å². The predicted molar refractivity (Wildman–Crippen MR) is 40.1 cm³/mol. The number of nitrogens with two attached hydrogens (primary N) is 1. The summed E-state index contributed by atoms with van der Waals surface area (Å²) in [6.45, 7) is 3.89. The van der Waals surface area contributed by atoms with Crippen molar-refractivity contribution in [2.24, 2.45) is 5.73 Å². The first-order valence-corrected chi connectivity index (χ1v) is 4.58. The highest BCUT2D eigenvalue weighted by molar-refractivity contribution is 8.26. The van der Waals surface area contributed by atoms with Crippen LogP contribution in [0.1, 0.15) is 13.8 Å². The number of hydrogen-bond acceptors (Lipinski definition) is 3. The largest absolute Gasteiger partial charge is 0.328 e. The van der Waals surface area contributed by atoms with Crippen LogP contribution in [0.2, 0.25) is 0 Å². The van der Waals surface area contributed by atoms with Crippen LogP contribution in [0.5, 0.6) is 0 Å². The first kappa shape index (κ1) is 12.0. The maximum absolute atomic E-state index is 9.11. The van der Waals surface area contributed by atoms with Crippen LogP contribution in [0.25, 0.3) is 0 Å². The van der Waals surface area contributed by atoms with E-state index in [4.69, 9.17) is 19.0 Å². The Morgan fingerprint density at radius 3 is 1.56 bits per heavy atom. The maximum Gasteiger partial charge on any atom is 0.263 e. The summed E-state index contributed by atoms with van der Waals surface area (Å²) in [6.07, 6.45) is 0. The van der Waals surface area contributed by atoms with Crippen LogP contribution in [0.4, 0.5) is 0 Å². The summed E-state index contributed by atoms with van der Waals surface area (Å²) in [5.41, 5.74) is 5.11. The van der Waals surface area contributed by atoms with Gasteiger partial charge in [0.25, 0.3) is 9.05 Å². The fraction of sp³-hybridized carbons (Fsp3) is 1.00. The second-order valence-electron chi connectivity index (χ2n) is 1.69. The van der Waals surface area contributed by atoms with Gasteiger partial charge >= 0.3 is 0 Å². The van der Waals surface area contributed by atoms with Gasteiger partial charge < -0.3 is 5.73 Å². The van der Waals surface area contributed by atoms with Crippen molar-refractivity contribution in [3.63, 3.8) is 0 Å². The van der Waals surface area contributed by atoms with Gasteiger partial charge in [-0.2, -0.15) is 4.21 Å². The standard InChI is InChI=1S/C3H9N.H2O3S2/c1-3(2)4;1-5(2,3)4/h3H,4H2,1-2H3;(H2,1,2,3,4). The summed E-state index contributed by atoms with van der Waals surface area (Å²) < 4.78 is 24.0. The van der Waals surface area contributed by atoms with Crippen LogP contribution >= 0.6 is 0 Å². The molecule has 0 aliphatic heterocycles. The van der Waals surface area contributed by atoms with E-state index in [2.05, 4.69) is 11.2 Å². The van der Waals surface area contributed by atoms with E-state index < -0.39 is 9.05 Å². The molecule has 0 aromatic heterocycles. The zero-order valence-electron chi connectivity index (χ0n) is 5.27. The first-order valence-electron chi connectivity index (χ1n) is 2.19.